The molecule has 0 aromatic heterocycles. The fraction of sp³-hybridized carbons (Fsp3) is 0.364. The molecule has 0 aliphatic carbocycles. The molecule has 1 aromatic rings. The summed E-state index contributed by atoms with van der Waals surface area (Å²) in [5.74, 6) is 0. The second-order valence-corrected chi connectivity index (χ2v) is 3.68. The van der Waals surface area contributed by atoms with E-state index in [0.29, 0.717) is 5.02 Å². The van der Waals surface area contributed by atoms with Crippen LogP contribution in [-0.4, -0.2) is 0 Å². The zero-order valence-electron chi connectivity index (χ0n) is 7.84. The summed E-state index contributed by atoms with van der Waals surface area (Å²) >= 11 is 6.02. The Morgan fingerprint density at radius 1 is 1.46 bits per heavy atom. The quantitative estimate of drug-likeness (QED) is 0.705. The highest BCUT2D eigenvalue weighted by Crippen LogP contribution is 2.31. The molecule has 0 saturated heterocycles. The van der Waals surface area contributed by atoms with Crippen molar-refractivity contribution in [3.05, 3.63) is 34.9 Å². The van der Waals surface area contributed by atoms with E-state index in [-0.39, 0.29) is 0 Å². The maximum atomic E-state index is 9.05. The van der Waals surface area contributed by atoms with Crippen LogP contribution in [0.2, 0.25) is 5.02 Å². The molecule has 0 N–H and O–H groups in total. The van der Waals surface area contributed by atoms with Crippen LogP contribution >= 0.6 is 11.6 Å². The van der Waals surface area contributed by atoms with Crippen molar-refractivity contribution >= 4 is 11.6 Å². The summed E-state index contributed by atoms with van der Waals surface area (Å²) in [6.07, 6.45) is 0.771. The summed E-state index contributed by atoms with van der Waals surface area (Å²) in [7, 11) is 0. The van der Waals surface area contributed by atoms with E-state index in [1.165, 1.54) is 0 Å². The number of benzene rings is 1. The SMILES string of the molecule is CCC(C)(C#N)c1ccccc1Cl. The Bertz CT molecular complexity index is 340. The van der Waals surface area contributed by atoms with Gasteiger partial charge in [-0.25, -0.2) is 0 Å². The van der Waals surface area contributed by atoms with Crippen LogP contribution < -0.4 is 0 Å². The predicted octanol–water partition coefficient (Wildman–Crippen LogP) is 3.53. The van der Waals surface area contributed by atoms with Gasteiger partial charge in [0.2, 0.25) is 0 Å². The number of hydrogen-bond donors (Lipinski definition) is 0. The first-order valence-corrected chi connectivity index (χ1v) is 4.68. The third kappa shape index (κ3) is 1.84. The molecule has 68 valence electrons. The van der Waals surface area contributed by atoms with Gasteiger partial charge in [0.25, 0.3) is 0 Å². The molecule has 0 saturated carbocycles. The van der Waals surface area contributed by atoms with Gasteiger partial charge in [-0.3, -0.25) is 0 Å². The highest BCUT2D eigenvalue weighted by Gasteiger charge is 2.25. The van der Waals surface area contributed by atoms with E-state index in [2.05, 4.69) is 6.07 Å². The van der Waals surface area contributed by atoms with E-state index in [4.69, 9.17) is 16.9 Å². The van der Waals surface area contributed by atoms with Crippen molar-refractivity contribution in [3.63, 3.8) is 0 Å². The Kier molecular flexibility index (Phi) is 2.95. The molecule has 1 aromatic carbocycles. The topological polar surface area (TPSA) is 23.8 Å². The number of halogens is 1. The van der Waals surface area contributed by atoms with Gasteiger partial charge in [0.05, 0.1) is 11.5 Å². The number of nitrogens with zero attached hydrogens (tertiary/aromatic N) is 1. The van der Waals surface area contributed by atoms with Crippen LogP contribution in [0.25, 0.3) is 0 Å². The summed E-state index contributed by atoms with van der Waals surface area (Å²) in [6, 6.07) is 9.82. The second-order valence-electron chi connectivity index (χ2n) is 3.28. The average Bonchev–Trinajstić information content (AvgIpc) is 2.17. The second kappa shape index (κ2) is 3.81. The Morgan fingerprint density at radius 3 is 2.54 bits per heavy atom. The first-order chi connectivity index (χ1) is 6.14. The Hall–Kier alpha value is -1.00. The first kappa shape index (κ1) is 10.1. The third-order valence-electron chi connectivity index (χ3n) is 2.42. The van der Waals surface area contributed by atoms with E-state index in [1.807, 2.05) is 38.1 Å². The normalized spacial score (nSPS) is 14.6. The van der Waals surface area contributed by atoms with Crippen LogP contribution in [0.1, 0.15) is 25.8 Å². The number of hydrogen-bond acceptors (Lipinski definition) is 1. The van der Waals surface area contributed by atoms with Crippen LogP contribution in [0.4, 0.5) is 0 Å². The standard InChI is InChI=1S/C11H12ClN/c1-3-11(2,8-13)9-6-4-5-7-10(9)12/h4-7H,3H2,1-2H3. The van der Waals surface area contributed by atoms with Gasteiger partial charge >= 0.3 is 0 Å². The highest BCUT2D eigenvalue weighted by molar-refractivity contribution is 6.31. The van der Waals surface area contributed by atoms with E-state index in [0.717, 1.165) is 12.0 Å². The smallest absolute Gasteiger partial charge is 0.0806 e. The monoisotopic (exact) mass is 193 g/mol. The van der Waals surface area contributed by atoms with Crippen LogP contribution in [0.3, 0.4) is 0 Å². The molecule has 0 heterocycles. The minimum Gasteiger partial charge on any atom is -0.197 e. The van der Waals surface area contributed by atoms with Gasteiger partial charge in [-0.05, 0) is 25.0 Å². The van der Waals surface area contributed by atoms with Crippen molar-refractivity contribution in [2.24, 2.45) is 0 Å². The predicted molar refractivity (Wildman–Crippen MR) is 54.7 cm³/mol. The summed E-state index contributed by atoms with van der Waals surface area (Å²) < 4.78 is 0. The van der Waals surface area contributed by atoms with E-state index < -0.39 is 5.41 Å². The van der Waals surface area contributed by atoms with Crippen LogP contribution in [-0.2, 0) is 5.41 Å². The van der Waals surface area contributed by atoms with Crippen LogP contribution in [0, 0.1) is 11.3 Å². The van der Waals surface area contributed by atoms with Crippen molar-refractivity contribution in [2.45, 2.75) is 25.7 Å². The lowest BCUT2D eigenvalue weighted by molar-refractivity contribution is 0.587. The van der Waals surface area contributed by atoms with E-state index >= 15 is 0 Å². The fourth-order valence-electron chi connectivity index (χ4n) is 1.24. The van der Waals surface area contributed by atoms with Crippen molar-refractivity contribution in [2.75, 3.05) is 0 Å². The molecule has 0 fully saturated rings. The summed E-state index contributed by atoms with van der Waals surface area (Å²) in [4.78, 5) is 0. The van der Waals surface area contributed by atoms with E-state index in [9.17, 15) is 0 Å². The molecule has 0 radical (unpaired) electrons. The molecular weight excluding hydrogens is 182 g/mol. The van der Waals surface area contributed by atoms with Crippen LogP contribution in [0.15, 0.2) is 24.3 Å². The first-order valence-electron chi connectivity index (χ1n) is 4.30. The van der Waals surface area contributed by atoms with Gasteiger partial charge in [0, 0.05) is 5.02 Å². The van der Waals surface area contributed by atoms with Crippen molar-refractivity contribution in [3.8, 4) is 6.07 Å². The van der Waals surface area contributed by atoms with Gasteiger partial charge in [-0.1, -0.05) is 36.7 Å². The number of nitriles is 1. The molecule has 0 spiro atoms. The molecule has 0 amide bonds. The molecule has 1 atom stereocenters. The number of rotatable bonds is 2. The molecule has 0 bridgehead atoms. The zero-order chi connectivity index (χ0) is 9.90. The lowest BCUT2D eigenvalue weighted by atomic mass is 9.82. The van der Waals surface area contributed by atoms with Crippen molar-refractivity contribution in [1.29, 1.82) is 5.26 Å². The van der Waals surface area contributed by atoms with Gasteiger partial charge in [0.1, 0.15) is 0 Å². The summed E-state index contributed by atoms with van der Waals surface area (Å²) in [5, 5.41) is 9.73. The molecular formula is C11H12ClN. The zero-order valence-corrected chi connectivity index (χ0v) is 8.60. The molecule has 0 aliphatic heterocycles. The molecule has 0 aliphatic rings. The Labute approximate surface area is 84.0 Å². The molecule has 1 rings (SSSR count). The van der Waals surface area contributed by atoms with Crippen molar-refractivity contribution in [1.82, 2.24) is 0 Å². The minimum atomic E-state index is -0.460. The summed E-state index contributed by atoms with van der Waals surface area (Å²) in [5.41, 5.74) is 0.458. The Balaban J connectivity index is 3.22. The van der Waals surface area contributed by atoms with Crippen molar-refractivity contribution < 1.29 is 0 Å². The van der Waals surface area contributed by atoms with Gasteiger partial charge in [-0.2, -0.15) is 5.26 Å². The molecule has 1 nitrogen and oxygen atoms in total. The molecule has 13 heavy (non-hydrogen) atoms. The maximum Gasteiger partial charge on any atom is 0.0806 e. The fourth-order valence-corrected chi connectivity index (χ4v) is 1.58. The summed E-state index contributed by atoms with van der Waals surface area (Å²) in [6.45, 7) is 3.90. The van der Waals surface area contributed by atoms with Gasteiger partial charge in [0.15, 0.2) is 0 Å². The maximum absolute atomic E-state index is 9.05. The van der Waals surface area contributed by atoms with E-state index in [1.54, 1.807) is 0 Å². The molecule has 2 heteroatoms. The molecule has 1 unspecified atom stereocenters. The largest absolute Gasteiger partial charge is 0.197 e. The average molecular weight is 194 g/mol. The lowest BCUT2D eigenvalue weighted by Gasteiger charge is -2.20. The Morgan fingerprint density at radius 2 is 2.08 bits per heavy atom. The van der Waals surface area contributed by atoms with Gasteiger partial charge in [-0.15, -0.1) is 0 Å². The van der Waals surface area contributed by atoms with Gasteiger partial charge < -0.3 is 0 Å². The lowest BCUT2D eigenvalue weighted by Crippen LogP contribution is -2.18. The minimum absolute atomic E-state index is 0.460. The third-order valence-corrected chi connectivity index (χ3v) is 2.75. The highest BCUT2D eigenvalue weighted by atomic mass is 35.5. The van der Waals surface area contributed by atoms with Crippen LogP contribution in [0.5, 0.6) is 0 Å².